The van der Waals surface area contributed by atoms with Crippen molar-refractivity contribution in [2.45, 2.75) is 6.42 Å². The highest BCUT2D eigenvalue weighted by Crippen LogP contribution is 2.10. The Hall–Kier alpha value is -0.670. The number of aliphatic hydroxyl groups excluding tert-OH is 1. The third-order valence-corrected chi connectivity index (χ3v) is 2.02. The van der Waals surface area contributed by atoms with Crippen LogP contribution >= 0.6 is 15.9 Å². The molecule has 0 bridgehead atoms. The normalized spacial score (nSPS) is 9.83. The first kappa shape index (κ1) is 9.42. The maximum atomic E-state index is 10.8. The molecule has 0 amide bonds. The third kappa shape index (κ3) is 2.75. The second-order valence-electron chi connectivity index (χ2n) is 2.50. The molecule has 0 saturated carbocycles. The summed E-state index contributed by atoms with van der Waals surface area (Å²) in [4.78, 5) is 10.8. The van der Waals surface area contributed by atoms with E-state index in [9.17, 15) is 4.79 Å². The maximum Gasteiger partial charge on any atom is 0.162 e. The molecule has 0 saturated heterocycles. The van der Waals surface area contributed by atoms with Crippen LogP contribution in [-0.4, -0.2) is 17.5 Å². The summed E-state index contributed by atoms with van der Waals surface area (Å²) in [6.45, 7) is -0.379. The van der Waals surface area contributed by atoms with Gasteiger partial charge in [0.15, 0.2) is 5.78 Å². The Kier molecular flexibility index (Phi) is 3.44. The summed E-state index contributed by atoms with van der Waals surface area (Å²) in [6, 6.07) is 7.47. The van der Waals surface area contributed by atoms with E-state index in [1.807, 2.05) is 24.3 Å². The zero-order valence-corrected chi connectivity index (χ0v) is 8.04. The Morgan fingerprint density at radius 2 is 1.92 bits per heavy atom. The van der Waals surface area contributed by atoms with E-state index < -0.39 is 0 Å². The van der Waals surface area contributed by atoms with Crippen molar-refractivity contribution in [1.29, 1.82) is 0 Å². The first-order valence-electron chi connectivity index (χ1n) is 3.59. The van der Waals surface area contributed by atoms with Crippen LogP contribution in [0.2, 0.25) is 0 Å². The van der Waals surface area contributed by atoms with E-state index >= 15 is 0 Å². The lowest BCUT2D eigenvalue weighted by atomic mass is 10.1. The van der Waals surface area contributed by atoms with Gasteiger partial charge in [0.1, 0.15) is 6.61 Å². The molecule has 0 fully saturated rings. The number of ketones is 1. The Labute approximate surface area is 79.3 Å². The van der Waals surface area contributed by atoms with Crippen molar-refractivity contribution >= 4 is 21.7 Å². The molecule has 0 unspecified atom stereocenters. The summed E-state index contributed by atoms with van der Waals surface area (Å²) in [5.41, 5.74) is 0.928. The van der Waals surface area contributed by atoms with Crippen LogP contribution in [0.5, 0.6) is 0 Å². The molecule has 0 atom stereocenters. The van der Waals surface area contributed by atoms with Crippen molar-refractivity contribution in [1.82, 2.24) is 0 Å². The second kappa shape index (κ2) is 4.38. The van der Waals surface area contributed by atoms with Gasteiger partial charge in [0.25, 0.3) is 0 Å². The lowest BCUT2D eigenvalue weighted by Gasteiger charge is -1.97. The smallest absolute Gasteiger partial charge is 0.162 e. The van der Waals surface area contributed by atoms with Gasteiger partial charge in [-0.15, -0.1) is 0 Å². The van der Waals surface area contributed by atoms with Crippen LogP contribution in [0.3, 0.4) is 0 Å². The van der Waals surface area contributed by atoms with Crippen LogP contribution in [0, 0.1) is 0 Å². The summed E-state index contributed by atoms with van der Waals surface area (Å²) in [7, 11) is 0. The van der Waals surface area contributed by atoms with Crippen molar-refractivity contribution in [3.63, 3.8) is 0 Å². The summed E-state index contributed by atoms with van der Waals surface area (Å²) in [6.07, 6.45) is 0.309. The van der Waals surface area contributed by atoms with Gasteiger partial charge in [-0.05, 0) is 17.7 Å². The number of hydrogen-bond donors (Lipinski definition) is 1. The molecule has 1 N–H and O–H groups in total. The second-order valence-corrected chi connectivity index (χ2v) is 3.42. The van der Waals surface area contributed by atoms with E-state index in [1.54, 1.807) is 0 Å². The molecule has 0 aliphatic heterocycles. The Balaban J connectivity index is 2.64. The number of hydrogen-bond acceptors (Lipinski definition) is 2. The fourth-order valence-electron chi connectivity index (χ4n) is 0.886. The minimum absolute atomic E-state index is 0.155. The van der Waals surface area contributed by atoms with Gasteiger partial charge in [-0.25, -0.2) is 0 Å². The SMILES string of the molecule is O=C(CO)Cc1ccc(Br)cc1. The lowest BCUT2D eigenvalue weighted by molar-refractivity contribution is -0.121. The van der Waals surface area contributed by atoms with Gasteiger partial charge in [0.2, 0.25) is 0 Å². The predicted molar refractivity (Wildman–Crippen MR) is 49.9 cm³/mol. The summed E-state index contributed by atoms with van der Waals surface area (Å²) in [5.74, 6) is -0.155. The van der Waals surface area contributed by atoms with E-state index in [0.717, 1.165) is 10.0 Å². The van der Waals surface area contributed by atoms with Crippen LogP contribution in [0.4, 0.5) is 0 Å². The molecule has 0 spiro atoms. The van der Waals surface area contributed by atoms with Gasteiger partial charge < -0.3 is 5.11 Å². The molecule has 1 aromatic rings. The molecule has 0 aromatic heterocycles. The number of carbonyl (C=O) groups excluding carboxylic acids is 1. The van der Waals surface area contributed by atoms with Gasteiger partial charge in [0, 0.05) is 10.9 Å². The fourth-order valence-corrected chi connectivity index (χ4v) is 1.15. The molecule has 2 nitrogen and oxygen atoms in total. The Morgan fingerprint density at radius 3 is 2.42 bits per heavy atom. The van der Waals surface area contributed by atoms with Crippen LogP contribution < -0.4 is 0 Å². The number of rotatable bonds is 3. The van der Waals surface area contributed by atoms with Crippen LogP contribution in [-0.2, 0) is 11.2 Å². The zero-order valence-electron chi connectivity index (χ0n) is 6.46. The molecule has 12 heavy (non-hydrogen) atoms. The first-order valence-corrected chi connectivity index (χ1v) is 4.38. The molecule has 1 aromatic carbocycles. The van der Waals surface area contributed by atoms with E-state index in [1.165, 1.54) is 0 Å². The minimum atomic E-state index is -0.379. The number of Topliss-reactive ketones (excluding diaryl/α,β-unsaturated/α-hetero) is 1. The summed E-state index contributed by atoms with van der Waals surface area (Å²) < 4.78 is 0.989. The molecule has 0 aliphatic carbocycles. The monoisotopic (exact) mass is 228 g/mol. The van der Waals surface area contributed by atoms with Crippen molar-refractivity contribution in [2.24, 2.45) is 0 Å². The Bertz CT molecular complexity index is 266. The predicted octanol–water partition coefficient (Wildman–Crippen LogP) is 1.55. The molecular formula is C9H9BrO2. The van der Waals surface area contributed by atoms with Crippen LogP contribution in [0.1, 0.15) is 5.56 Å². The third-order valence-electron chi connectivity index (χ3n) is 1.49. The largest absolute Gasteiger partial charge is 0.389 e. The summed E-state index contributed by atoms with van der Waals surface area (Å²) >= 11 is 3.29. The van der Waals surface area contributed by atoms with Crippen molar-refractivity contribution < 1.29 is 9.90 Å². The standard InChI is InChI=1S/C9H9BrO2/c10-8-3-1-7(2-4-8)5-9(12)6-11/h1-4,11H,5-6H2. The summed E-state index contributed by atoms with van der Waals surface area (Å²) in [5, 5.41) is 8.49. The number of carbonyl (C=O) groups is 1. The fraction of sp³-hybridized carbons (Fsp3) is 0.222. The van der Waals surface area contributed by atoms with Crippen molar-refractivity contribution in [3.05, 3.63) is 34.3 Å². The van der Waals surface area contributed by atoms with Gasteiger partial charge >= 0.3 is 0 Å². The van der Waals surface area contributed by atoms with E-state index in [2.05, 4.69) is 15.9 Å². The average Bonchev–Trinajstić information content (AvgIpc) is 2.09. The highest BCUT2D eigenvalue weighted by Gasteiger charge is 2.00. The Morgan fingerprint density at radius 1 is 1.33 bits per heavy atom. The maximum absolute atomic E-state index is 10.8. The average molecular weight is 229 g/mol. The highest BCUT2D eigenvalue weighted by molar-refractivity contribution is 9.10. The van der Waals surface area contributed by atoms with Crippen molar-refractivity contribution in [3.8, 4) is 0 Å². The quantitative estimate of drug-likeness (QED) is 0.853. The molecule has 64 valence electrons. The van der Waals surface area contributed by atoms with Gasteiger partial charge in [-0.1, -0.05) is 28.1 Å². The van der Waals surface area contributed by atoms with E-state index in [4.69, 9.17) is 5.11 Å². The van der Waals surface area contributed by atoms with Crippen molar-refractivity contribution in [2.75, 3.05) is 6.61 Å². The molecule has 0 radical (unpaired) electrons. The minimum Gasteiger partial charge on any atom is -0.389 e. The number of benzene rings is 1. The van der Waals surface area contributed by atoms with Crippen LogP contribution in [0.25, 0.3) is 0 Å². The van der Waals surface area contributed by atoms with E-state index in [-0.39, 0.29) is 12.4 Å². The lowest BCUT2D eigenvalue weighted by Crippen LogP contribution is -2.06. The molecule has 0 aliphatic rings. The molecular weight excluding hydrogens is 220 g/mol. The topological polar surface area (TPSA) is 37.3 Å². The molecule has 3 heteroatoms. The van der Waals surface area contributed by atoms with E-state index in [0.29, 0.717) is 6.42 Å². The number of halogens is 1. The van der Waals surface area contributed by atoms with Gasteiger partial charge in [-0.3, -0.25) is 4.79 Å². The molecule has 0 heterocycles. The number of aliphatic hydroxyl groups is 1. The zero-order chi connectivity index (χ0) is 8.97. The first-order chi connectivity index (χ1) is 5.72. The van der Waals surface area contributed by atoms with Crippen LogP contribution in [0.15, 0.2) is 28.7 Å². The molecule has 1 rings (SSSR count). The highest BCUT2D eigenvalue weighted by atomic mass is 79.9. The van der Waals surface area contributed by atoms with Gasteiger partial charge in [0.05, 0.1) is 0 Å². The van der Waals surface area contributed by atoms with Gasteiger partial charge in [-0.2, -0.15) is 0 Å².